The molecule has 4 rings (SSSR count). The molecule has 1 aromatic carbocycles. The van der Waals surface area contributed by atoms with Gasteiger partial charge >= 0.3 is 5.69 Å². The second kappa shape index (κ2) is 6.61. The number of allylic oxidation sites excluding steroid dienone is 1. The van der Waals surface area contributed by atoms with Gasteiger partial charge in [0, 0.05) is 18.7 Å². The minimum atomic E-state index is -0.895. The maximum Gasteiger partial charge on any atom is 0.337 e. The van der Waals surface area contributed by atoms with Crippen LogP contribution in [0.2, 0.25) is 0 Å². The molecule has 0 atom stereocenters. The lowest BCUT2D eigenvalue weighted by Crippen LogP contribution is -2.42. The van der Waals surface area contributed by atoms with E-state index in [-0.39, 0.29) is 22.9 Å². The summed E-state index contributed by atoms with van der Waals surface area (Å²) in [5.41, 5.74) is -0.993. The number of aromatic nitrogens is 4. The number of rotatable bonds is 4. The van der Waals surface area contributed by atoms with Crippen LogP contribution >= 0.6 is 0 Å². The molecule has 140 valence electrons. The number of benzene rings is 1. The fraction of sp³-hybridized carbons (Fsp3) is 0.316. The summed E-state index contributed by atoms with van der Waals surface area (Å²) < 4.78 is 31.7. The molecule has 8 heteroatoms. The van der Waals surface area contributed by atoms with Gasteiger partial charge in [0.15, 0.2) is 11.2 Å². The van der Waals surface area contributed by atoms with Crippen LogP contribution in [0.1, 0.15) is 31.7 Å². The Kier molecular flexibility index (Phi) is 4.25. The van der Waals surface area contributed by atoms with E-state index in [1.807, 2.05) is 0 Å². The molecule has 0 radical (unpaired) electrons. The van der Waals surface area contributed by atoms with Gasteiger partial charge in [0.2, 0.25) is 0 Å². The maximum atomic E-state index is 14.5. The van der Waals surface area contributed by atoms with Crippen molar-refractivity contribution in [3.63, 3.8) is 0 Å². The first-order valence-corrected chi connectivity index (χ1v) is 8.81. The van der Waals surface area contributed by atoms with Crippen molar-refractivity contribution < 1.29 is 8.78 Å². The van der Waals surface area contributed by atoms with Crippen molar-refractivity contribution in [1.82, 2.24) is 18.7 Å². The second-order valence-corrected chi connectivity index (χ2v) is 6.68. The summed E-state index contributed by atoms with van der Waals surface area (Å²) in [4.78, 5) is 30.5. The van der Waals surface area contributed by atoms with Gasteiger partial charge in [-0.2, -0.15) is 0 Å². The van der Waals surface area contributed by atoms with E-state index in [4.69, 9.17) is 0 Å². The van der Waals surface area contributed by atoms with Crippen molar-refractivity contribution >= 4 is 11.2 Å². The van der Waals surface area contributed by atoms with E-state index < -0.39 is 22.9 Å². The molecule has 1 aliphatic rings. The third kappa shape index (κ3) is 2.72. The third-order valence-corrected chi connectivity index (χ3v) is 5.02. The SMILES string of the molecule is C=CCn1cnc2c1c(=O)n(C1CCCC1)c(=O)n2-c1ccc(F)cc1F. The number of imidazole rings is 1. The van der Waals surface area contributed by atoms with E-state index in [1.54, 1.807) is 10.6 Å². The first kappa shape index (κ1) is 17.4. The number of fused-ring (bicyclic) bond motifs is 1. The molecule has 0 bridgehead atoms. The van der Waals surface area contributed by atoms with Crippen molar-refractivity contribution in [3.8, 4) is 5.69 Å². The van der Waals surface area contributed by atoms with Crippen molar-refractivity contribution in [1.29, 1.82) is 0 Å². The molecule has 0 unspecified atom stereocenters. The van der Waals surface area contributed by atoms with Gasteiger partial charge in [-0.25, -0.2) is 23.1 Å². The quantitative estimate of drug-likeness (QED) is 0.662. The summed E-state index contributed by atoms with van der Waals surface area (Å²) in [7, 11) is 0. The molecule has 0 N–H and O–H groups in total. The first-order chi connectivity index (χ1) is 13.0. The summed E-state index contributed by atoms with van der Waals surface area (Å²) in [5, 5.41) is 0. The van der Waals surface area contributed by atoms with Crippen molar-refractivity contribution in [2.75, 3.05) is 0 Å². The normalized spacial score (nSPS) is 14.9. The molecule has 0 aliphatic heterocycles. The van der Waals surface area contributed by atoms with Gasteiger partial charge in [-0.3, -0.25) is 9.36 Å². The van der Waals surface area contributed by atoms with Crippen LogP contribution in [0, 0.1) is 11.6 Å². The molecule has 2 heterocycles. The summed E-state index contributed by atoms with van der Waals surface area (Å²) in [6.07, 6.45) is 6.29. The minimum Gasteiger partial charge on any atom is -0.321 e. The van der Waals surface area contributed by atoms with E-state index in [2.05, 4.69) is 11.6 Å². The molecule has 6 nitrogen and oxygen atoms in total. The van der Waals surface area contributed by atoms with Crippen LogP contribution in [0.4, 0.5) is 8.78 Å². The van der Waals surface area contributed by atoms with Crippen LogP contribution in [-0.2, 0) is 6.54 Å². The predicted molar refractivity (Wildman–Crippen MR) is 97.2 cm³/mol. The highest BCUT2D eigenvalue weighted by Gasteiger charge is 2.26. The lowest BCUT2D eigenvalue weighted by atomic mass is 10.2. The maximum absolute atomic E-state index is 14.5. The zero-order valence-electron chi connectivity index (χ0n) is 14.6. The van der Waals surface area contributed by atoms with E-state index in [9.17, 15) is 18.4 Å². The molecule has 1 fully saturated rings. The van der Waals surface area contributed by atoms with Crippen LogP contribution in [0.3, 0.4) is 0 Å². The van der Waals surface area contributed by atoms with Gasteiger partial charge in [0.1, 0.15) is 11.6 Å². The van der Waals surface area contributed by atoms with Crippen LogP contribution in [-0.4, -0.2) is 18.7 Å². The van der Waals surface area contributed by atoms with Crippen LogP contribution in [0.5, 0.6) is 0 Å². The zero-order valence-corrected chi connectivity index (χ0v) is 14.6. The molecule has 1 saturated carbocycles. The minimum absolute atomic E-state index is 0.0478. The molecule has 2 aromatic heterocycles. The standard InChI is InChI=1S/C19H18F2N4O2/c1-2-9-23-11-22-17-16(23)18(26)24(13-5-3-4-6-13)19(27)25(17)15-8-7-12(20)10-14(15)21/h2,7-8,10-11,13H,1,3-6,9H2. The van der Waals surface area contributed by atoms with Crippen molar-refractivity contribution in [3.05, 3.63) is 69.7 Å². The van der Waals surface area contributed by atoms with Gasteiger partial charge in [-0.05, 0) is 25.0 Å². The Morgan fingerprint density at radius 1 is 1.22 bits per heavy atom. The highest BCUT2D eigenvalue weighted by atomic mass is 19.1. The van der Waals surface area contributed by atoms with E-state index in [0.717, 1.165) is 23.5 Å². The largest absolute Gasteiger partial charge is 0.337 e. The van der Waals surface area contributed by atoms with Gasteiger partial charge in [0.05, 0.1) is 12.0 Å². The smallest absolute Gasteiger partial charge is 0.321 e. The van der Waals surface area contributed by atoms with Crippen LogP contribution in [0.25, 0.3) is 16.9 Å². The lowest BCUT2D eigenvalue weighted by Gasteiger charge is -2.17. The Balaban J connectivity index is 2.12. The summed E-state index contributed by atoms with van der Waals surface area (Å²) >= 11 is 0. The second-order valence-electron chi connectivity index (χ2n) is 6.68. The van der Waals surface area contributed by atoms with Crippen LogP contribution in [0.15, 0.2) is 46.8 Å². The van der Waals surface area contributed by atoms with Gasteiger partial charge in [-0.1, -0.05) is 18.9 Å². The molecular weight excluding hydrogens is 354 g/mol. The molecule has 0 spiro atoms. The molecule has 0 saturated heterocycles. The topological polar surface area (TPSA) is 61.8 Å². The Hall–Kier alpha value is -3.03. The van der Waals surface area contributed by atoms with Crippen molar-refractivity contribution in [2.45, 2.75) is 38.3 Å². The highest BCUT2D eigenvalue weighted by molar-refractivity contribution is 5.72. The predicted octanol–water partition coefficient (Wildman–Crippen LogP) is 2.93. The fourth-order valence-corrected chi connectivity index (χ4v) is 3.79. The van der Waals surface area contributed by atoms with E-state index in [1.165, 1.54) is 17.0 Å². The van der Waals surface area contributed by atoms with Gasteiger partial charge < -0.3 is 4.57 Å². The number of nitrogens with zero attached hydrogens (tertiary/aromatic N) is 4. The van der Waals surface area contributed by atoms with Gasteiger partial charge in [-0.15, -0.1) is 6.58 Å². The zero-order chi connectivity index (χ0) is 19.1. The Bertz CT molecular complexity index is 1150. The fourth-order valence-electron chi connectivity index (χ4n) is 3.79. The third-order valence-electron chi connectivity index (χ3n) is 5.02. The Labute approximate surface area is 153 Å². The highest BCUT2D eigenvalue weighted by Crippen LogP contribution is 2.28. The molecule has 0 amide bonds. The number of halogens is 2. The molecular formula is C19H18F2N4O2. The number of hydrogen-bond donors (Lipinski definition) is 0. The average Bonchev–Trinajstić information content (AvgIpc) is 3.28. The summed E-state index contributed by atoms with van der Waals surface area (Å²) in [6, 6.07) is 2.72. The molecule has 27 heavy (non-hydrogen) atoms. The first-order valence-electron chi connectivity index (χ1n) is 8.81. The number of hydrogen-bond acceptors (Lipinski definition) is 3. The van der Waals surface area contributed by atoms with Crippen LogP contribution < -0.4 is 11.2 Å². The summed E-state index contributed by atoms with van der Waals surface area (Å²) in [6.45, 7) is 3.99. The van der Waals surface area contributed by atoms with E-state index >= 15 is 0 Å². The van der Waals surface area contributed by atoms with Crippen molar-refractivity contribution in [2.24, 2.45) is 0 Å². The average molecular weight is 372 g/mol. The van der Waals surface area contributed by atoms with E-state index in [0.29, 0.717) is 25.5 Å². The Morgan fingerprint density at radius 2 is 1.96 bits per heavy atom. The van der Waals surface area contributed by atoms with Gasteiger partial charge in [0.25, 0.3) is 5.56 Å². The molecule has 3 aromatic rings. The lowest BCUT2D eigenvalue weighted by molar-refractivity contribution is 0.472. The summed E-state index contributed by atoms with van der Waals surface area (Å²) in [5.74, 6) is -1.64. The Morgan fingerprint density at radius 3 is 2.63 bits per heavy atom. The monoisotopic (exact) mass is 372 g/mol. The molecule has 1 aliphatic carbocycles.